The van der Waals surface area contributed by atoms with Crippen LogP contribution in [-0.4, -0.2) is 28.0 Å². The number of hydrogen-bond donors (Lipinski definition) is 1. The van der Waals surface area contributed by atoms with E-state index < -0.39 is 0 Å². The number of rotatable bonds is 6. The van der Waals surface area contributed by atoms with Crippen molar-refractivity contribution in [1.29, 1.82) is 0 Å². The Balaban J connectivity index is 1.47. The van der Waals surface area contributed by atoms with Gasteiger partial charge in [-0.3, -0.25) is 4.79 Å². The number of carbonyl (C=O) groups excluding carboxylic acids is 1. The smallest absolute Gasteiger partial charge is 0.279 e. The summed E-state index contributed by atoms with van der Waals surface area (Å²) in [6.07, 6.45) is 1.64. The fourth-order valence-corrected chi connectivity index (χ4v) is 2.77. The highest BCUT2D eigenvalue weighted by atomic mass is 16.5. The maximum Gasteiger partial charge on any atom is 0.279 e. The number of nitrogens with one attached hydrogen (secondary N) is 1. The SMILES string of the molecule is COc1ccc(Cn2nccc2NC(=O)c2cc(-c3ccccc3)on2)cc1. The second kappa shape index (κ2) is 7.79. The van der Waals surface area contributed by atoms with Crippen molar-refractivity contribution in [3.63, 3.8) is 0 Å². The van der Waals surface area contributed by atoms with Gasteiger partial charge in [-0.15, -0.1) is 0 Å². The van der Waals surface area contributed by atoms with Crippen LogP contribution < -0.4 is 10.1 Å². The fraction of sp³-hybridized carbons (Fsp3) is 0.0952. The molecule has 2 heterocycles. The van der Waals surface area contributed by atoms with Crippen LogP contribution >= 0.6 is 0 Å². The second-order valence-electron chi connectivity index (χ2n) is 6.12. The van der Waals surface area contributed by atoms with Crippen LogP contribution in [0, 0.1) is 0 Å². The van der Waals surface area contributed by atoms with Crippen molar-refractivity contribution in [3.8, 4) is 17.1 Å². The lowest BCUT2D eigenvalue weighted by Crippen LogP contribution is -2.16. The van der Waals surface area contributed by atoms with Gasteiger partial charge in [0.1, 0.15) is 11.6 Å². The number of carbonyl (C=O) groups is 1. The highest BCUT2D eigenvalue weighted by molar-refractivity contribution is 6.02. The number of methoxy groups -OCH3 is 1. The van der Waals surface area contributed by atoms with Crippen molar-refractivity contribution >= 4 is 11.7 Å². The molecule has 4 aromatic rings. The molecule has 0 unspecified atom stereocenters. The zero-order valence-corrected chi connectivity index (χ0v) is 15.2. The van der Waals surface area contributed by atoms with Gasteiger partial charge in [-0.25, -0.2) is 4.68 Å². The van der Waals surface area contributed by atoms with E-state index in [0.29, 0.717) is 18.1 Å². The summed E-state index contributed by atoms with van der Waals surface area (Å²) in [7, 11) is 1.63. The molecule has 0 fully saturated rings. The molecule has 0 saturated heterocycles. The first-order chi connectivity index (χ1) is 13.7. The molecule has 0 aliphatic carbocycles. The Morgan fingerprint density at radius 3 is 2.64 bits per heavy atom. The number of amides is 1. The normalized spacial score (nSPS) is 10.6. The van der Waals surface area contributed by atoms with E-state index >= 15 is 0 Å². The third-order valence-corrected chi connectivity index (χ3v) is 4.25. The maximum absolute atomic E-state index is 12.6. The monoisotopic (exact) mass is 374 g/mol. The minimum atomic E-state index is -0.359. The molecule has 0 aliphatic rings. The molecule has 0 spiro atoms. The van der Waals surface area contributed by atoms with Crippen LogP contribution in [0.3, 0.4) is 0 Å². The molecule has 0 atom stereocenters. The maximum atomic E-state index is 12.6. The molecule has 2 aromatic heterocycles. The van der Waals surface area contributed by atoms with Crippen LogP contribution in [0.4, 0.5) is 5.82 Å². The van der Waals surface area contributed by atoms with Crippen LogP contribution in [0.15, 0.2) is 77.4 Å². The van der Waals surface area contributed by atoms with Crippen molar-refractivity contribution in [2.24, 2.45) is 0 Å². The first-order valence-corrected chi connectivity index (χ1v) is 8.71. The van der Waals surface area contributed by atoms with Crippen LogP contribution in [0.2, 0.25) is 0 Å². The Bertz CT molecular complexity index is 1070. The second-order valence-corrected chi connectivity index (χ2v) is 6.12. The van der Waals surface area contributed by atoms with Gasteiger partial charge in [0.25, 0.3) is 5.91 Å². The topological polar surface area (TPSA) is 82.2 Å². The van der Waals surface area contributed by atoms with Gasteiger partial charge in [0.2, 0.25) is 0 Å². The predicted octanol–water partition coefficient (Wildman–Crippen LogP) is 3.85. The van der Waals surface area contributed by atoms with Crippen LogP contribution in [-0.2, 0) is 6.54 Å². The number of aromatic nitrogens is 3. The third kappa shape index (κ3) is 3.78. The lowest BCUT2D eigenvalue weighted by Gasteiger charge is -2.08. The van der Waals surface area contributed by atoms with Crippen LogP contribution in [0.25, 0.3) is 11.3 Å². The molecule has 7 heteroatoms. The first kappa shape index (κ1) is 17.5. The van der Waals surface area contributed by atoms with Crippen molar-refractivity contribution in [2.75, 3.05) is 12.4 Å². The Kier molecular flexibility index (Phi) is 4.88. The molecular formula is C21H18N4O3. The molecule has 2 aromatic carbocycles. The molecule has 140 valence electrons. The lowest BCUT2D eigenvalue weighted by atomic mass is 10.1. The Hall–Kier alpha value is -3.87. The molecule has 7 nitrogen and oxygen atoms in total. The zero-order valence-electron chi connectivity index (χ0n) is 15.2. The Morgan fingerprint density at radius 2 is 1.89 bits per heavy atom. The molecule has 1 amide bonds. The number of benzene rings is 2. The van der Waals surface area contributed by atoms with E-state index in [4.69, 9.17) is 9.26 Å². The van der Waals surface area contributed by atoms with Gasteiger partial charge in [0.05, 0.1) is 19.9 Å². The predicted molar refractivity (Wildman–Crippen MR) is 104 cm³/mol. The minimum absolute atomic E-state index is 0.205. The Morgan fingerprint density at radius 1 is 1.11 bits per heavy atom. The highest BCUT2D eigenvalue weighted by Crippen LogP contribution is 2.20. The standard InChI is InChI=1S/C21H18N4O3/c1-27-17-9-7-15(8-10-17)14-25-20(11-12-22-25)23-21(26)18-13-19(28-24-18)16-5-3-2-4-6-16/h2-13H,14H2,1H3,(H,23,26). The number of nitrogens with zero attached hydrogens (tertiary/aromatic N) is 3. The van der Waals surface area contributed by atoms with E-state index in [1.807, 2.05) is 54.6 Å². The summed E-state index contributed by atoms with van der Waals surface area (Å²) in [5, 5.41) is 11.0. The van der Waals surface area contributed by atoms with Gasteiger partial charge in [0, 0.05) is 17.7 Å². The van der Waals surface area contributed by atoms with Crippen LogP contribution in [0.1, 0.15) is 16.1 Å². The summed E-state index contributed by atoms with van der Waals surface area (Å²) >= 11 is 0. The quantitative estimate of drug-likeness (QED) is 0.554. The van der Waals surface area contributed by atoms with Gasteiger partial charge in [-0.05, 0) is 17.7 Å². The van der Waals surface area contributed by atoms with Crippen molar-refractivity contribution in [2.45, 2.75) is 6.54 Å². The summed E-state index contributed by atoms with van der Waals surface area (Å²) in [5.74, 6) is 1.54. The largest absolute Gasteiger partial charge is 0.497 e. The summed E-state index contributed by atoms with van der Waals surface area (Å²) in [6.45, 7) is 0.515. The van der Waals surface area contributed by atoms with Gasteiger partial charge in [0.15, 0.2) is 11.5 Å². The van der Waals surface area contributed by atoms with Gasteiger partial charge < -0.3 is 14.6 Å². The third-order valence-electron chi connectivity index (χ3n) is 4.25. The van der Waals surface area contributed by atoms with E-state index in [1.54, 1.807) is 30.1 Å². The molecule has 4 rings (SSSR count). The van der Waals surface area contributed by atoms with E-state index in [9.17, 15) is 4.79 Å². The first-order valence-electron chi connectivity index (χ1n) is 8.71. The zero-order chi connectivity index (χ0) is 19.3. The number of ether oxygens (including phenoxy) is 1. The minimum Gasteiger partial charge on any atom is -0.497 e. The number of anilines is 1. The van der Waals surface area contributed by atoms with Crippen LogP contribution in [0.5, 0.6) is 5.75 Å². The molecule has 0 saturated carbocycles. The van der Waals surface area contributed by atoms with Crippen molar-refractivity contribution in [1.82, 2.24) is 14.9 Å². The average molecular weight is 374 g/mol. The molecule has 28 heavy (non-hydrogen) atoms. The molecule has 0 bridgehead atoms. The number of hydrogen-bond acceptors (Lipinski definition) is 5. The van der Waals surface area contributed by atoms with Gasteiger partial charge in [-0.1, -0.05) is 47.6 Å². The highest BCUT2D eigenvalue weighted by Gasteiger charge is 2.15. The average Bonchev–Trinajstić information content (AvgIpc) is 3.39. The van der Waals surface area contributed by atoms with Crippen molar-refractivity contribution in [3.05, 3.63) is 84.2 Å². The molecule has 0 radical (unpaired) electrons. The summed E-state index contributed by atoms with van der Waals surface area (Å²) in [6, 6.07) is 20.5. The van der Waals surface area contributed by atoms with Gasteiger partial charge >= 0.3 is 0 Å². The van der Waals surface area contributed by atoms with E-state index in [1.165, 1.54) is 0 Å². The summed E-state index contributed by atoms with van der Waals surface area (Å²) in [4.78, 5) is 12.6. The summed E-state index contributed by atoms with van der Waals surface area (Å²) in [5.41, 5.74) is 2.10. The molecule has 0 aliphatic heterocycles. The van der Waals surface area contributed by atoms with Gasteiger partial charge in [-0.2, -0.15) is 5.10 Å². The van der Waals surface area contributed by atoms with E-state index in [-0.39, 0.29) is 11.6 Å². The lowest BCUT2D eigenvalue weighted by molar-refractivity contribution is 0.101. The summed E-state index contributed by atoms with van der Waals surface area (Å²) < 4.78 is 12.2. The van der Waals surface area contributed by atoms with E-state index in [2.05, 4.69) is 15.6 Å². The van der Waals surface area contributed by atoms with E-state index in [0.717, 1.165) is 16.9 Å². The molecular weight excluding hydrogens is 356 g/mol. The van der Waals surface area contributed by atoms with Crippen molar-refractivity contribution < 1.29 is 14.1 Å². The fourth-order valence-electron chi connectivity index (χ4n) is 2.77. The Labute approximate surface area is 161 Å². The molecule has 1 N–H and O–H groups in total.